The minimum Gasteiger partial charge on any atom is -0.297 e. The zero-order chi connectivity index (χ0) is 14.3. The summed E-state index contributed by atoms with van der Waals surface area (Å²) < 4.78 is 38.1. The summed E-state index contributed by atoms with van der Waals surface area (Å²) in [5, 5.41) is 0. The Labute approximate surface area is 112 Å². The molecule has 0 saturated carbocycles. The molecule has 0 amide bonds. The van der Waals surface area contributed by atoms with Gasteiger partial charge in [-0.15, -0.1) is 0 Å². The molecule has 0 aliphatic carbocycles. The number of likely N-dealkylation sites (tertiary alicyclic amines) is 1. The zero-order valence-electron chi connectivity index (χ0n) is 11.6. The van der Waals surface area contributed by atoms with Gasteiger partial charge < -0.3 is 0 Å². The summed E-state index contributed by atoms with van der Waals surface area (Å²) in [6, 6.07) is 4.12. The first kappa shape index (κ1) is 14.4. The molecule has 1 aromatic rings. The van der Waals surface area contributed by atoms with Crippen molar-refractivity contribution < 1.29 is 13.2 Å². The summed E-state index contributed by atoms with van der Waals surface area (Å²) in [5.74, 6) is 0. The summed E-state index contributed by atoms with van der Waals surface area (Å²) in [5.41, 5.74) is 1.04. The van der Waals surface area contributed by atoms with Crippen molar-refractivity contribution >= 4 is 0 Å². The second-order valence-corrected chi connectivity index (χ2v) is 5.68. The van der Waals surface area contributed by atoms with Crippen molar-refractivity contribution in [3.05, 3.63) is 34.9 Å². The molecular weight excluding hydrogens is 251 g/mol. The lowest BCUT2D eigenvalue weighted by Crippen LogP contribution is -2.45. The second kappa shape index (κ2) is 4.82. The van der Waals surface area contributed by atoms with E-state index in [4.69, 9.17) is 0 Å². The fourth-order valence-electron chi connectivity index (χ4n) is 3.04. The third kappa shape index (κ3) is 2.64. The molecule has 106 valence electrons. The van der Waals surface area contributed by atoms with Gasteiger partial charge in [0.2, 0.25) is 0 Å². The minimum absolute atomic E-state index is 0.146. The predicted octanol–water partition coefficient (Wildman–Crippen LogP) is 4.34. The number of benzene rings is 1. The van der Waals surface area contributed by atoms with Crippen LogP contribution in [0.5, 0.6) is 0 Å². The first-order valence-electron chi connectivity index (χ1n) is 6.65. The van der Waals surface area contributed by atoms with Crippen LogP contribution in [0.15, 0.2) is 18.2 Å². The summed E-state index contributed by atoms with van der Waals surface area (Å²) in [4.78, 5) is 2.26. The van der Waals surface area contributed by atoms with E-state index in [1.54, 1.807) is 13.0 Å². The highest BCUT2D eigenvalue weighted by Gasteiger charge is 2.36. The fraction of sp³-hybridized carbons (Fsp3) is 0.600. The van der Waals surface area contributed by atoms with Gasteiger partial charge in [0.25, 0.3) is 0 Å². The molecule has 0 bridgehead atoms. The van der Waals surface area contributed by atoms with Gasteiger partial charge in [-0.05, 0) is 63.5 Å². The molecule has 0 aromatic heterocycles. The van der Waals surface area contributed by atoms with Gasteiger partial charge in [0.05, 0.1) is 5.56 Å². The molecule has 1 heterocycles. The average molecular weight is 271 g/mol. The van der Waals surface area contributed by atoms with Crippen LogP contribution in [0, 0.1) is 6.92 Å². The molecule has 0 spiro atoms. The highest BCUT2D eigenvalue weighted by atomic mass is 19.4. The lowest BCUT2D eigenvalue weighted by atomic mass is 9.80. The molecule has 0 N–H and O–H groups in total. The van der Waals surface area contributed by atoms with Gasteiger partial charge >= 0.3 is 6.18 Å². The maximum Gasteiger partial charge on any atom is 0.416 e. The van der Waals surface area contributed by atoms with Gasteiger partial charge in [0, 0.05) is 5.54 Å². The van der Waals surface area contributed by atoms with Gasteiger partial charge in [-0.1, -0.05) is 12.5 Å². The first-order chi connectivity index (χ1) is 8.75. The Kier molecular flexibility index (Phi) is 3.65. The van der Waals surface area contributed by atoms with Crippen molar-refractivity contribution in [3.63, 3.8) is 0 Å². The van der Waals surface area contributed by atoms with Crippen molar-refractivity contribution in [2.45, 2.75) is 44.8 Å². The Bertz CT molecular complexity index is 467. The topological polar surface area (TPSA) is 3.24 Å². The van der Waals surface area contributed by atoms with Gasteiger partial charge in [-0.2, -0.15) is 13.2 Å². The molecule has 1 aliphatic rings. The normalized spacial score (nSPS) is 25.6. The number of piperidine rings is 1. The van der Waals surface area contributed by atoms with Gasteiger partial charge in [-0.3, -0.25) is 4.90 Å². The largest absolute Gasteiger partial charge is 0.416 e. The Hall–Kier alpha value is -1.03. The standard InChI is InChI=1S/C15H20F3N/c1-11-10-12(15(16,17)18)6-7-13(11)14(2)8-4-5-9-19(14)3/h6-7,10H,4-5,8-9H2,1-3H3. The molecule has 1 aromatic carbocycles. The van der Waals surface area contributed by atoms with Crippen LogP contribution in [0.2, 0.25) is 0 Å². The average Bonchev–Trinajstić information content (AvgIpc) is 2.31. The molecule has 1 fully saturated rings. The van der Waals surface area contributed by atoms with Crippen LogP contribution in [0.4, 0.5) is 13.2 Å². The fourth-order valence-corrected chi connectivity index (χ4v) is 3.04. The number of hydrogen-bond acceptors (Lipinski definition) is 1. The van der Waals surface area contributed by atoms with Crippen LogP contribution in [0.3, 0.4) is 0 Å². The van der Waals surface area contributed by atoms with Gasteiger partial charge in [0.1, 0.15) is 0 Å². The lowest BCUT2D eigenvalue weighted by Gasteiger charge is -2.44. The quantitative estimate of drug-likeness (QED) is 0.734. The molecule has 1 nitrogen and oxygen atoms in total. The van der Waals surface area contributed by atoms with E-state index in [1.165, 1.54) is 12.1 Å². The summed E-state index contributed by atoms with van der Waals surface area (Å²) in [6.45, 7) is 4.90. The number of alkyl halides is 3. The number of hydrogen-bond donors (Lipinski definition) is 0. The predicted molar refractivity (Wildman–Crippen MR) is 70.0 cm³/mol. The van der Waals surface area contributed by atoms with E-state index in [9.17, 15) is 13.2 Å². The van der Waals surface area contributed by atoms with E-state index < -0.39 is 11.7 Å². The van der Waals surface area contributed by atoms with Crippen LogP contribution in [-0.2, 0) is 11.7 Å². The number of aryl methyl sites for hydroxylation is 1. The summed E-state index contributed by atoms with van der Waals surface area (Å²) >= 11 is 0. The third-order valence-corrected chi connectivity index (χ3v) is 4.38. The van der Waals surface area contributed by atoms with E-state index >= 15 is 0 Å². The van der Waals surface area contributed by atoms with E-state index in [2.05, 4.69) is 18.9 Å². The molecule has 2 rings (SSSR count). The van der Waals surface area contributed by atoms with Gasteiger partial charge in [0.15, 0.2) is 0 Å². The molecule has 4 heteroatoms. The van der Waals surface area contributed by atoms with E-state index in [0.717, 1.165) is 36.9 Å². The molecule has 1 aliphatic heterocycles. The van der Waals surface area contributed by atoms with Crippen molar-refractivity contribution in [1.82, 2.24) is 4.90 Å². The van der Waals surface area contributed by atoms with Crippen molar-refractivity contribution in [1.29, 1.82) is 0 Å². The molecular formula is C15H20F3N. The molecule has 1 atom stereocenters. The minimum atomic E-state index is -4.26. The van der Waals surface area contributed by atoms with Crippen LogP contribution >= 0.6 is 0 Å². The Balaban J connectivity index is 2.41. The number of halogens is 3. The van der Waals surface area contributed by atoms with Crippen LogP contribution in [-0.4, -0.2) is 18.5 Å². The zero-order valence-corrected chi connectivity index (χ0v) is 11.6. The van der Waals surface area contributed by atoms with Crippen LogP contribution < -0.4 is 0 Å². The van der Waals surface area contributed by atoms with Crippen LogP contribution in [0.1, 0.15) is 42.9 Å². The summed E-state index contributed by atoms with van der Waals surface area (Å²) in [6.07, 6.45) is -0.981. The highest BCUT2D eigenvalue weighted by Crippen LogP contribution is 2.39. The maximum atomic E-state index is 12.7. The molecule has 19 heavy (non-hydrogen) atoms. The smallest absolute Gasteiger partial charge is 0.297 e. The number of nitrogens with zero attached hydrogens (tertiary/aromatic N) is 1. The maximum absolute atomic E-state index is 12.7. The second-order valence-electron chi connectivity index (χ2n) is 5.68. The molecule has 1 saturated heterocycles. The monoisotopic (exact) mass is 271 g/mol. The van der Waals surface area contributed by atoms with Gasteiger partial charge in [-0.25, -0.2) is 0 Å². The SMILES string of the molecule is Cc1cc(C(F)(F)F)ccc1C1(C)CCCCN1C. The van der Waals surface area contributed by atoms with Crippen molar-refractivity contribution in [2.24, 2.45) is 0 Å². The summed E-state index contributed by atoms with van der Waals surface area (Å²) in [7, 11) is 2.05. The molecule has 1 unspecified atom stereocenters. The molecule has 0 radical (unpaired) electrons. The van der Waals surface area contributed by atoms with E-state index in [-0.39, 0.29) is 5.54 Å². The highest BCUT2D eigenvalue weighted by molar-refractivity contribution is 5.37. The van der Waals surface area contributed by atoms with Crippen molar-refractivity contribution in [2.75, 3.05) is 13.6 Å². The first-order valence-corrected chi connectivity index (χ1v) is 6.65. The van der Waals surface area contributed by atoms with Crippen molar-refractivity contribution in [3.8, 4) is 0 Å². The Morgan fingerprint density at radius 1 is 1.21 bits per heavy atom. The lowest BCUT2D eigenvalue weighted by molar-refractivity contribution is -0.137. The van der Waals surface area contributed by atoms with E-state index in [0.29, 0.717) is 0 Å². The van der Waals surface area contributed by atoms with Crippen LogP contribution in [0.25, 0.3) is 0 Å². The Morgan fingerprint density at radius 2 is 1.89 bits per heavy atom. The Morgan fingerprint density at radius 3 is 2.42 bits per heavy atom. The number of rotatable bonds is 1. The third-order valence-electron chi connectivity index (χ3n) is 4.38. The van der Waals surface area contributed by atoms with E-state index in [1.807, 2.05) is 0 Å².